The molecule has 0 aliphatic rings. The molecule has 3 N–H and O–H groups in total. The lowest BCUT2D eigenvalue weighted by Crippen LogP contribution is -2.20. The van der Waals surface area contributed by atoms with Crippen molar-refractivity contribution in [3.05, 3.63) is 65.7 Å². The zero-order valence-corrected chi connectivity index (χ0v) is 16.8. The number of nitrogens with zero attached hydrogens (tertiary/aromatic N) is 6. The molecule has 0 amide bonds. The summed E-state index contributed by atoms with van der Waals surface area (Å²) in [5.41, 5.74) is 9.87. The molecule has 2 heterocycles. The van der Waals surface area contributed by atoms with Crippen molar-refractivity contribution < 1.29 is 0 Å². The van der Waals surface area contributed by atoms with Gasteiger partial charge in [-0.2, -0.15) is 10.3 Å². The summed E-state index contributed by atoms with van der Waals surface area (Å²) in [6.45, 7) is 7.37. The number of aromatic amines is 1. The molecular weight excluding hydrogens is 364 g/mol. The molecule has 148 valence electrons. The Morgan fingerprint density at radius 2 is 1.72 bits per heavy atom. The quantitative estimate of drug-likeness (QED) is 0.544. The van der Waals surface area contributed by atoms with E-state index in [2.05, 4.69) is 81.8 Å². The van der Waals surface area contributed by atoms with Gasteiger partial charge in [-0.05, 0) is 21.9 Å². The number of nitrogens with one attached hydrogen (secondary N) is 1. The topological polar surface area (TPSA) is 111 Å². The van der Waals surface area contributed by atoms with Gasteiger partial charge in [0.05, 0.1) is 13.1 Å². The van der Waals surface area contributed by atoms with Crippen LogP contribution in [0.25, 0.3) is 22.5 Å². The molecule has 4 aromatic rings. The molecule has 0 aliphatic carbocycles. The van der Waals surface area contributed by atoms with Gasteiger partial charge in [0.1, 0.15) is 5.82 Å². The summed E-state index contributed by atoms with van der Waals surface area (Å²) in [5, 5.41) is 19.0. The summed E-state index contributed by atoms with van der Waals surface area (Å²) in [5.74, 6) is 2.18. The lowest BCUT2D eigenvalue weighted by molar-refractivity contribution is 0.490. The van der Waals surface area contributed by atoms with E-state index < -0.39 is 0 Å². The van der Waals surface area contributed by atoms with Gasteiger partial charge in [0, 0.05) is 11.0 Å². The lowest BCUT2D eigenvalue weighted by Gasteiger charge is -2.18. The van der Waals surface area contributed by atoms with Crippen LogP contribution in [0.4, 0.5) is 0 Å². The fraction of sp³-hybridized carbons (Fsp3) is 0.286. The Balaban J connectivity index is 1.63. The highest BCUT2D eigenvalue weighted by Crippen LogP contribution is 2.30. The molecule has 29 heavy (non-hydrogen) atoms. The largest absolute Gasteiger partial charge is 0.324 e. The molecule has 8 nitrogen and oxygen atoms in total. The van der Waals surface area contributed by atoms with E-state index in [1.807, 2.05) is 22.9 Å². The first-order valence-corrected chi connectivity index (χ1v) is 9.52. The second-order valence-corrected chi connectivity index (χ2v) is 7.94. The summed E-state index contributed by atoms with van der Waals surface area (Å²) >= 11 is 0. The number of tetrazole rings is 1. The van der Waals surface area contributed by atoms with Gasteiger partial charge < -0.3 is 5.73 Å². The summed E-state index contributed by atoms with van der Waals surface area (Å²) in [6, 6.07) is 16.5. The predicted octanol–water partition coefficient (Wildman–Crippen LogP) is 2.93. The molecule has 0 unspecified atom stereocenters. The van der Waals surface area contributed by atoms with Crippen LogP contribution in [0, 0.1) is 0 Å². The highest BCUT2D eigenvalue weighted by atomic mass is 15.5. The molecule has 0 bridgehead atoms. The number of aromatic nitrogens is 7. The third kappa shape index (κ3) is 3.93. The van der Waals surface area contributed by atoms with Gasteiger partial charge in [-0.15, -0.1) is 10.2 Å². The van der Waals surface area contributed by atoms with Crippen LogP contribution in [-0.2, 0) is 18.5 Å². The molecule has 2 aromatic carbocycles. The highest BCUT2D eigenvalue weighted by molar-refractivity contribution is 5.80. The van der Waals surface area contributed by atoms with Crippen LogP contribution in [0.3, 0.4) is 0 Å². The molecule has 0 saturated carbocycles. The van der Waals surface area contributed by atoms with Crippen LogP contribution in [0.1, 0.15) is 38.0 Å². The van der Waals surface area contributed by atoms with Crippen molar-refractivity contribution in [3.63, 3.8) is 0 Å². The SMILES string of the molecule is CC(C)(C)c1nc(CN)nn1Cc1ccc(-c2ccccc2-c2nn[nH]n2)cc1. The van der Waals surface area contributed by atoms with Gasteiger partial charge in [-0.3, -0.25) is 0 Å². The number of benzene rings is 2. The maximum atomic E-state index is 5.75. The van der Waals surface area contributed by atoms with Crippen molar-refractivity contribution in [1.82, 2.24) is 35.4 Å². The molecule has 0 atom stereocenters. The second-order valence-electron chi connectivity index (χ2n) is 7.94. The molecule has 0 aliphatic heterocycles. The first-order chi connectivity index (χ1) is 14.0. The standard InChI is InChI=1S/C21H24N8/c1-21(2,3)20-23-18(12-22)26-29(20)13-14-8-10-15(11-9-14)16-6-4-5-7-17(16)19-24-27-28-25-19/h4-11H,12-13,22H2,1-3H3,(H,24,25,27,28). The number of hydrogen-bond acceptors (Lipinski definition) is 6. The predicted molar refractivity (Wildman–Crippen MR) is 111 cm³/mol. The van der Waals surface area contributed by atoms with E-state index in [1.54, 1.807) is 0 Å². The second kappa shape index (κ2) is 7.56. The lowest BCUT2D eigenvalue weighted by atomic mass is 9.95. The number of hydrogen-bond donors (Lipinski definition) is 2. The van der Waals surface area contributed by atoms with Crippen molar-refractivity contribution in [2.75, 3.05) is 0 Å². The third-order valence-corrected chi connectivity index (χ3v) is 4.68. The van der Waals surface area contributed by atoms with Crippen molar-refractivity contribution in [1.29, 1.82) is 0 Å². The fourth-order valence-corrected chi connectivity index (χ4v) is 3.31. The minimum absolute atomic E-state index is 0.107. The Hall–Kier alpha value is -3.39. The Morgan fingerprint density at radius 3 is 2.34 bits per heavy atom. The Kier molecular flexibility index (Phi) is 4.94. The molecule has 0 spiro atoms. The van der Waals surface area contributed by atoms with Crippen LogP contribution >= 0.6 is 0 Å². The van der Waals surface area contributed by atoms with Gasteiger partial charge in [-0.25, -0.2) is 9.67 Å². The molecule has 4 rings (SSSR count). The fourth-order valence-electron chi connectivity index (χ4n) is 3.31. The van der Waals surface area contributed by atoms with E-state index in [1.165, 1.54) is 0 Å². The number of nitrogens with two attached hydrogens (primary N) is 1. The van der Waals surface area contributed by atoms with Gasteiger partial charge >= 0.3 is 0 Å². The van der Waals surface area contributed by atoms with Gasteiger partial charge in [-0.1, -0.05) is 69.3 Å². The average Bonchev–Trinajstić information content (AvgIpc) is 3.38. The van der Waals surface area contributed by atoms with E-state index in [4.69, 9.17) is 5.73 Å². The Morgan fingerprint density at radius 1 is 1.00 bits per heavy atom. The van der Waals surface area contributed by atoms with Crippen molar-refractivity contribution in [2.45, 2.75) is 39.3 Å². The van der Waals surface area contributed by atoms with E-state index in [0.717, 1.165) is 28.1 Å². The van der Waals surface area contributed by atoms with Crippen molar-refractivity contribution >= 4 is 0 Å². The Bertz CT molecular complexity index is 1090. The smallest absolute Gasteiger partial charge is 0.205 e. The van der Waals surface area contributed by atoms with Gasteiger partial charge in [0.15, 0.2) is 5.82 Å². The minimum atomic E-state index is -0.107. The number of rotatable bonds is 5. The van der Waals surface area contributed by atoms with E-state index in [9.17, 15) is 0 Å². The third-order valence-electron chi connectivity index (χ3n) is 4.68. The molecular formula is C21H24N8. The molecule has 0 saturated heterocycles. The van der Waals surface area contributed by atoms with E-state index in [0.29, 0.717) is 24.7 Å². The monoisotopic (exact) mass is 388 g/mol. The summed E-state index contributed by atoms with van der Waals surface area (Å²) in [4.78, 5) is 4.61. The summed E-state index contributed by atoms with van der Waals surface area (Å²) < 4.78 is 1.95. The van der Waals surface area contributed by atoms with Crippen molar-refractivity contribution in [2.24, 2.45) is 5.73 Å². The normalized spacial score (nSPS) is 11.7. The first-order valence-electron chi connectivity index (χ1n) is 9.52. The maximum Gasteiger partial charge on any atom is 0.205 e. The summed E-state index contributed by atoms with van der Waals surface area (Å²) in [6.07, 6.45) is 0. The van der Waals surface area contributed by atoms with Crippen LogP contribution in [0.2, 0.25) is 0 Å². The summed E-state index contributed by atoms with van der Waals surface area (Å²) in [7, 11) is 0. The zero-order valence-electron chi connectivity index (χ0n) is 16.8. The number of H-pyrrole nitrogens is 1. The first kappa shape index (κ1) is 18.9. The Labute approximate surface area is 169 Å². The van der Waals surface area contributed by atoms with Crippen molar-refractivity contribution in [3.8, 4) is 22.5 Å². The minimum Gasteiger partial charge on any atom is -0.324 e. The zero-order chi connectivity index (χ0) is 20.4. The maximum absolute atomic E-state index is 5.75. The molecule has 0 fully saturated rings. The highest BCUT2D eigenvalue weighted by Gasteiger charge is 2.22. The average molecular weight is 388 g/mol. The van der Waals surface area contributed by atoms with Crippen LogP contribution < -0.4 is 5.73 Å². The van der Waals surface area contributed by atoms with Gasteiger partial charge in [0.2, 0.25) is 5.82 Å². The molecule has 2 aromatic heterocycles. The van der Waals surface area contributed by atoms with Gasteiger partial charge in [0.25, 0.3) is 0 Å². The van der Waals surface area contributed by atoms with Crippen LogP contribution in [0.5, 0.6) is 0 Å². The van der Waals surface area contributed by atoms with E-state index in [-0.39, 0.29) is 5.41 Å². The van der Waals surface area contributed by atoms with E-state index >= 15 is 0 Å². The molecule has 0 radical (unpaired) electrons. The van der Waals surface area contributed by atoms with Crippen LogP contribution in [0.15, 0.2) is 48.5 Å². The van der Waals surface area contributed by atoms with Crippen LogP contribution in [-0.4, -0.2) is 35.4 Å². The molecule has 8 heteroatoms.